The van der Waals surface area contributed by atoms with Crippen LogP contribution in [0.4, 0.5) is 0 Å². The summed E-state index contributed by atoms with van der Waals surface area (Å²) in [5, 5.41) is 14.1. The Balaban J connectivity index is 3.08. The fourth-order valence-electron chi connectivity index (χ4n) is 0.759. The molecule has 3 N–H and O–H groups in total. The Bertz CT molecular complexity index is 118. The number of hydrogen-bond donors (Lipinski definition) is 3. The summed E-state index contributed by atoms with van der Waals surface area (Å²) in [4.78, 5) is 11.0. The standard InChI is InChI=1S/C8H18N2O2/c1-2-4-10-8(12)3-5-9-6-7-11/h9,11H,2-7H2,1H3,(H,10,12). The van der Waals surface area contributed by atoms with E-state index in [0.717, 1.165) is 13.0 Å². The molecule has 1 amide bonds. The molecule has 4 heteroatoms. The summed E-state index contributed by atoms with van der Waals surface area (Å²) >= 11 is 0. The van der Waals surface area contributed by atoms with E-state index in [-0.39, 0.29) is 12.5 Å². The van der Waals surface area contributed by atoms with Gasteiger partial charge >= 0.3 is 0 Å². The first kappa shape index (κ1) is 11.4. The summed E-state index contributed by atoms with van der Waals surface area (Å²) in [6.07, 6.45) is 1.45. The van der Waals surface area contributed by atoms with Crippen molar-refractivity contribution in [3.8, 4) is 0 Å². The number of aliphatic hydroxyl groups is 1. The third-order valence-electron chi connectivity index (χ3n) is 1.39. The second-order valence-electron chi connectivity index (χ2n) is 2.57. The summed E-state index contributed by atoms with van der Waals surface area (Å²) in [6.45, 7) is 4.08. The second kappa shape index (κ2) is 8.49. The van der Waals surface area contributed by atoms with Gasteiger partial charge in [-0.3, -0.25) is 4.79 Å². The highest BCUT2D eigenvalue weighted by Gasteiger charge is 1.97. The van der Waals surface area contributed by atoms with Crippen LogP contribution in [0.3, 0.4) is 0 Å². The molecule has 72 valence electrons. The van der Waals surface area contributed by atoms with Crippen LogP contribution in [0.15, 0.2) is 0 Å². The van der Waals surface area contributed by atoms with Crippen molar-refractivity contribution in [3.63, 3.8) is 0 Å². The highest BCUT2D eigenvalue weighted by molar-refractivity contribution is 5.75. The average Bonchev–Trinajstić information content (AvgIpc) is 2.09. The molecule has 0 aliphatic rings. The molecule has 0 saturated heterocycles. The Morgan fingerprint density at radius 2 is 2.08 bits per heavy atom. The topological polar surface area (TPSA) is 61.4 Å². The van der Waals surface area contributed by atoms with Gasteiger partial charge in [0.2, 0.25) is 5.91 Å². The van der Waals surface area contributed by atoms with Gasteiger partial charge in [-0.15, -0.1) is 0 Å². The van der Waals surface area contributed by atoms with Crippen molar-refractivity contribution < 1.29 is 9.90 Å². The van der Waals surface area contributed by atoms with Gasteiger partial charge in [0.05, 0.1) is 6.61 Å². The quantitative estimate of drug-likeness (QED) is 0.455. The van der Waals surface area contributed by atoms with Crippen LogP contribution in [0.5, 0.6) is 0 Å². The second-order valence-corrected chi connectivity index (χ2v) is 2.57. The Kier molecular flexibility index (Phi) is 8.05. The molecule has 0 atom stereocenters. The van der Waals surface area contributed by atoms with E-state index in [9.17, 15) is 4.79 Å². The maximum atomic E-state index is 11.0. The monoisotopic (exact) mass is 174 g/mol. The maximum absolute atomic E-state index is 11.0. The lowest BCUT2D eigenvalue weighted by Crippen LogP contribution is -2.29. The van der Waals surface area contributed by atoms with Gasteiger partial charge in [-0.1, -0.05) is 6.92 Å². The van der Waals surface area contributed by atoms with Gasteiger partial charge in [0.1, 0.15) is 0 Å². The molecule has 0 aliphatic carbocycles. The van der Waals surface area contributed by atoms with Gasteiger partial charge in [-0.05, 0) is 6.42 Å². The van der Waals surface area contributed by atoms with Crippen molar-refractivity contribution >= 4 is 5.91 Å². The minimum atomic E-state index is 0.0716. The summed E-state index contributed by atoms with van der Waals surface area (Å²) in [7, 11) is 0. The van der Waals surface area contributed by atoms with Crippen molar-refractivity contribution in [2.75, 3.05) is 26.2 Å². The van der Waals surface area contributed by atoms with Crippen molar-refractivity contribution in [2.24, 2.45) is 0 Å². The van der Waals surface area contributed by atoms with E-state index < -0.39 is 0 Å². The third-order valence-corrected chi connectivity index (χ3v) is 1.39. The lowest BCUT2D eigenvalue weighted by Gasteiger charge is -2.03. The molecule has 0 unspecified atom stereocenters. The van der Waals surface area contributed by atoms with Gasteiger partial charge in [0.25, 0.3) is 0 Å². The summed E-state index contributed by atoms with van der Waals surface area (Å²) in [5.74, 6) is 0.0716. The van der Waals surface area contributed by atoms with Gasteiger partial charge in [-0.2, -0.15) is 0 Å². The highest BCUT2D eigenvalue weighted by Crippen LogP contribution is 1.78. The van der Waals surface area contributed by atoms with E-state index in [2.05, 4.69) is 10.6 Å². The van der Waals surface area contributed by atoms with E-state index in [1.807, 2.05) is 6.92 Å². The van der Waals surface area contributed by atoms with Crippen LogP contribution in [0.2, 0.25) is 0 Å². The van der Waals surface area contributed by atoms with Gasteiger partial charge in [-0.25, -0.2) is 0 Å². The van der Waals surface area contributed by atoms with Crippen LogP contribution in [0.25, 0.3) is 0 Å². The van der Waals surface area contributed by atoms with Gasteiger partial charge in [0.15, 0.2) is 0 Å². The normalized spacial score (nSPS) is 9.83. The van der Waals surface area contributed by atoms with Crippen LogP contribution in [0.1, 0.15) is 19.8 Å². The van der Waals surface area contributed by atoms with E-state index in [1.54, 1.807) is 0 Å². The van der Waals surface area contributed by atoms with Crippen molar-refractivity contribution in [3.05, 3.63) is 0 Å². The number of carbonyl (C=O) groups is 1. The zero-order valence-electron chi connectivity index (χ0n) is 7.60. The maximum Gasteiger partial charge on any atom is 0.221 e. The fraction of sp³-hybridized carbons (Fsp3) is 0.875. The van der Waals surface area contributed by atoms with E-state index >= 15 is 0 Å². The van der Waals surface area contributed by atoms with Crippen LogP contribution in [-0.2, 0) is 4.79 Å². The van der Waals surface area contributed by atoms with Crippen molar-refractivity contribution in [1.82, 2.24) is 10.6 Å². The van der Waals surface area contributed by atoms with E-state index in [0.29, 0.717) is 19.5 Å². The number of nitrogens with one attached hydrogen (secondary N) is 2. The molecule has 0 aromatic carbocycles. The molecular weight excluding hydrogens is 156 g/mol. The molecule has 4 nitrogen and oxygen atoms in total. The van der Waals surface area contributed by atoms with E-state index in [4.69, 9.17) is 5.11 Å². The summed E-state index contributed by atoms with van der Waals surface area (Å²) in [5.41, 5.74) is 0. The Morgan fingerprint density at radius 3 is 2.67 bits per heavy atom. The molecule has 0 radical (unpaired) electrons. The molecule has 0 spiro atoms. The first-order valence-electron chi connectivity index (χ1n) is 4.39. The minimum absolute atomic E-state index is 0.0716. The number of hydrogen-bond acceptors (Lipinski definition) is 3. The van der Waals surface area contributed by atoms with Crippen LogP contribution in [-0.4, -0.2) is 37.3 Å². The van der Waals surface area contributed by atoms with Crippen LogP contribution in [0, 0.1) is 0 Å². The predicted molar refractivity (Wildman–Crippen MR) is 47.9 cm³/mol. The molecule has 0 aromatic rings. The number of rotatable bonds is 7. The molecule has 0 aromatic heterocycles. The van der Waals surface area contributed by atoms with Crippen molar-refractivity contribution in [2.45, 2.75) is 19.8 Å². The lowest BCUT2D eigenvalue weighted by molar-refractivity contribution is -0.120. The largest absolute Gasteiger partial charge is 0.395 e. The van der Waals surface area contributed by atoms with Crippen LogP contribution < -0.4 is 10.6 Å². The van der Waals surface area contributed by atoms with Crippen molar-refractivity contribution in [1.29, 1.82) is 0 Å². The molecule has 0 fully saturated rings. The molecular formula is C8H18N2O2. The van der Waals surface area contributed by atoms with E-state index in [1.165, 1.54) is 0 Å². The Morgan fingerprint density at radius 1 is 1.33 bits per heavy atom. The minimum Gasteiger partial charge on any atom is -0.395 e. The smallest absolute Gasteiger partial charge is 0.221 e. The first-order valence-corrected chi connectivity index (χ1v) is 4.39. The molecule has 0 bridgehead atoms. The molecule has 0 saturated carbocycles. The fourth-order valence-corrected chi connectivity index (χ4v) is 0.759. The lowest BCUT2D eigenvalue weighted by atomic mass is 10.3. The number of carbonyl (C=O) groups excluding carboxylic acids is 1. The first-order chi connectivity index (χ1) is 5.81. The zero-order valence-corrected chi connectivity index (χ0v) is 7.60. The molecule has 0 aliphatic heterocycles. The summed E-state index contributed by atoms with van der Waals surface area (Å²) in [6, 6.07) is 0. The van der Waals surface area contributed by atoms with Gasteiger partial charge in [0, 0.05) is 26.1 Å². The molecule has 12 heavy (non-hydrogen) atoms. The SMILES string of the molecule is CCCNC(=O)CCNCCO. The predicted octanol–water partition coefficient (Wildman–Crippen LogP) is -0.515. The highest BCUT2D eigenvalue weighted by atomic mass is 16.3. The molecule has 0 rings (SSSR count). The molecule has 0 heterocycles. The third kappa shape index (κ3) is 7.50. The van der Waals surface area contributed by atoms with Crippen LogP contribution >= 0.6 is 0 Å². The summed E-state index contributed by atoms with van der Waals surface area (Å²) < 4.78 is 0. The zero-order chi connectivity index (χ0) is 9.23. The van der Waals surface area contributed by atoms with Gasteiger partial charge < -0.3 is 15.7 Å². The Labute approximate surface area is 73.3 Å². The number of aliphatic hydroxyl groups excluding tert-OH is 1. The Hall–Kier alpha value is -0.610. The number of amides is 1. The average molecular weight is 174 g/mol.